The number of unbranched alkanes of at least 4 members (excludes halogenated alkanes) is 2. The van der Waals surface area contributed by atoms with Crippen LogP contribution in [0.25, 0.3) is 0 Å². The van der Waals surface area contributed by atoms with Crippen LogP contribution < -0.4 is 4.90 Å². The van der Waals surface area contributed by atoms with E-state index >= 15 is 0 Å². The lowest BCUT2D eigenvalue weighted by Gasteiger charge is -2.23. The van der Waals surface area contributed by atoms with Crippen LogP contribution in [0.5, 0.6) is 0 Å². The highest BCUT2D eigenvalue weighted by Crippen LogP contribution is 2.28. The van der Waals surface area contributed by atoms with Gasteiger partial charge in [0, 0.05) is 13.6 Å². The van der Waals surface area contributed by atoms with Gasteiger partial charge in [-0.25, -0.2) is 18.2 Å². The lowest BCUT2D eigenvalue weighted by Crippen LogP contribution is -2.41. The number of carbonyl (C=O) groups is 2. The summed E-state index contributed by atoms with van der Waals surface area (Å²) in [6.45, 7) is 5.79. The first-order valence-corrected chi connectivity index (χ1v) is 12.8. The number of ether oxygens (including phenoxy) is 1. The van der Waals surface area contributed by atoms with Crippen LogP contribution in [0.1, 0.15) is 48.5 Å². The van der Waals surface area contributed by atoms with Crippen molar-refractivity contribution in [3.63, 3.8) is 0 Å². The van der Waals surface area contributed by atoms with Gasteiger partial charge in [0.25, 0.3) is 10.0 Å². The summed E-state index contributed by atoms with van der Waals surface area (Å²) in [5.74, 6) is -0.866. The Labute approximate surface area is 185 Å². The number of hydrogen-bond donors (Lipinski definition) is 0. The summed E-state index contributed by atoms with van der Waals surface area (Å²) in [4.78, 5) is 31.4. The largest absolute Gasteiger partial charge is 0.462 e. The van der Waals surface area contributed by atoms with Crippen LogP contribution in [0.2, 0.25) is 0 Å². The van der Waals surface area contributed by atoms with Crippen LogP contribution in [-0.2, 0) is 19.6 Å². The van der Waals surface area contributed by atoms with Crippen LogP contribution in [0.3, 0.4) is 0 Å². The number of nitrogens with zero attached hydrogens (tertiary/aromatic N) is 3. The summed E-state index contributed by atoms with van der Waals surface area (Å²) >= 11 is 2.19. The molecule has 0 aliphatic carbocycles. The normalized spacial score (nSPS) is 11.6. The van der Waals surface area contributed by atoms with Crippen LogP contribution in [0.15, 0.2) is 21.7 Å². The molecule has 0 saturated carbocycles. The number of sulfonamides is 1. The molecule has 2 aromatic heterocycles. The standard InChI is InChI=1S/C19H27N3O5S3/c1-5-7-8-11-22(19-20-14(3)17(29-19)18(24)27-6-2)15(23)13-21(4)30(25,26)16-10-9-12-28-16/h9-10,12H,5-8,11,13H2,1-4H3. The van der Waals surface area contributed by atoms with Gasteiger partial charge in [0.15, 0.2) is 5.13 Å². The monoisotopic (exact) mass is 473 g/mol. The van der Waals surface area contributed by atoms with Crippen LogP contribution >= 0.6 is 22.7 Å². The molecule has 0 unspecified atom stereocenters. The van der Waals surface area contributed by atoms with Gasteiger partial charge < -0.3 is 4.74 Å². The number of amides is 1. The van der Waals surface area contributed by atoms with Crippen molar-refractivity contribution in [2.75, 3.05) is 31.6 Å². The minimum absolute atomic E-state index is 0.185. The Bertz CT molecular complexity index is 954. The molecule has 0 fully saturated rings. The van der Waals surface area contributed by atoms with Gasteiger partial charge in [0.05, 0.1) is 18.8 Å². The van der Waals surface area contributed by atoms with E-state index in [1.165, 1.54) is 18.0 Å². The van der Waals surface area contributed by atoms with E-state index in [1.807, 2.05) is 0 Å². The smallest absolute Gasteiger partial charge is 0.350 e. The highest BCUT2D eigenvalue weighted by Gasteiger charge is 2.28. The van der Waals surface area contributed by atoms with Gasteiger partial charge in [-0.05, 0) is 31.7 Å². The third-order valence-corrected chi connectivity index (χ3v) is 8.62. The summed E-state index contributed by atoms with van der Waals surface area (Å²) in [6.07, 6.45) is 2.64. The topological polar surface area (TPSA) is 96.9 Å². The second-order valence-corrected chi connectivity index (χ2v) is 10.8. The van der Waals surface area contributed by atoms with Crippen molar-refractivity contribution in [2.45, 2.75) is 44.2 Å². The van der Waals surface area contributed by atoms with E-state index < -0.39 is 21.9 Å². The number of likely N-dealkylation sites (N-methyl/N-ethyl adjacent to an activating group) is 1. The number of thiophene rings is 1. The SMILES string of the molecule is CCCCCN(C(=O)CN(C)S(=O)(=O)c1cccs1)c1nc(C)c(C(=O)OCC)s1. The zero-order valence-corrected chi connectivity index (χ0v) is 20.0. The average Bonchev–Trinajstić information content (AvgIpc) is 3.35. The molecule has 0 atom stereocenters. The maximum Gasteiger partial charge on any atom is 0.350 e. The van der Waals surface area contributed by atoms with E-state index in [4.69, 9.17) is 4.74 Å². The summed E-state index contributed by atoms with van der Waals surface area (Å²) < 4.78 is 31.6. The predicted octanol–water partition coefficient (Wildman–Crippen LogP) is 3.53. The zero-order valence-electron chi connectivity index (χ0n) is 17.6. The number of esters is 1. The Morgan fingerprint density at radius 1 is 1.23 bits per heavy atom. The molecule has 2 heterocycles. The third-order valence-electron chi connectivity index (χ3n) is 4.28. The van der Waals surface area contributed by atoms with Gasteiger partial charge >= 0.3 is 5.97 Å². The molecule has 0 N–H and O–H groups in total. The van der Waals surface area contributed by atoms with Gasteiger partial charge in [-0.2, -0.15) is 4.31 Å². The molecule has 0 saturated heterocycles. The molecule has 0 bridgehead atoms. The number of aryl methyl sites for hydroxylation is 1. The number of anilines is 1. The number of rotatable bonds is 11. The van der Waals surface area contributed by atoms with E-state index in [9.17, 15) is 18.0 Å². The van der Waals surface area contributed by atoms with E-state index in [-0.39, 0.29) is 17.4 Å². The summed E-state index contributed by atoms with van der Waals surface area (Å²) in [5.41, 5.74) is 0.487. The van der Waals surface area contributed by atoms with Crippen molar-refractivity contribution >= 4 is 49.7 Å². The Morgan fingerprint density at radius 2 is 1.97 bits per heavy atom. The van der Waals surface area contributed by atoms with Crippen LogP contribution in [-0.4, -0.2) is 56.3 Å². The van der Waals surface area contributed by atoms with Crippen molar-refractivity contribution in [2.24, 2.45) is 0 Å². The van der Waals surface area contributed by atoms with E-state index in [0.29, 0.717) is 22.2 Å². The van der Waals surface area contributed by atoms with E-state index in [1.54, 1.807) is 25.3 Å². The van der Waals surface area contributed by atoms with Gasteiger partial charge in [0.1, 0.15) is 9.09 Å². The minimum Gasteiger partial charge on any atom is -0.462 e. The molecule has 30 heavy (non-hydrogen) atoms. The maximum atomic E-state index is 13.1. The second kappa shape index (κ2) is 11.0. The highest BCUT2D eigenvalue weighted by molar-refractivity contribution is 7.91. The first-order chi connectivity index (χ1) is 14.2. The van der Waals surface area contributed by atoms with Crippen molar-refractivity contribution in [1.29, 1.82) is 0 Å². The molecule has 8 nitrogen and oxygen atoms in total. The van der Waals surface area contributed by atoms with Gasteiger partial charge in [-0.3, -0.25) is 9.69 Å². The van der Waals surface area contributed by atoms with Gasteiger partial charge in [0.2, 0.25) is 5.91 Å². The fourth-order valence-electron chi connectivity index (χ4n) is 2.66. The first-order valence-electron chi connectivity index (χ1n) is 9.67. The number of carbonyl (C=O) groups excluding carboxylic acids is 2. The molecular weight excluding hydrogens is 446 g/mol. The summed E-state index contributed by atoms with van der Waals surface area (Å²) in [6, 6.07) is 3.16. The second-order valence-electron chi connectivity index (χ2n) is 6.58. The molecule has 166 valence electrons. The molecule has 0 aliphatic heterocycles. The minimum atomic E-state index is -3.74. The van der Waals surface area contributed by atoms with Gasteiger partial charge in [-0.1, -0.05) is 37.2 Å². The fraction of sp³-hybridized carbons (Fsp3) is 0.526. The Morgan fingerprint density at radius 3 is 2.57 bits per heavy atom. The first kappa shape index (κ1) is 24.4. The molecule has 2 rings (SSSR count). The van der Waals surface area contributed by atoms with Crippen molar-refractivity contribution in [1.82, 2.24) is 9.29 Å². The Balaban J connectivity index is 2.25. The average molecular weight is 474 g/mol. The molecule has 1 amide bonds. The van der Waals surface area contributed by atoms with Gasteiger partial charge in [-0.15, -0.1) is 11.3 Å². The van der Waals surface area contributed by atoms with Crippen molar-refractivity contribution < 1.29 is 22.7 Å². The van der Waals surface area contributed by atoms with Crippen molar-refractivity contribution in [3.05, 3.63) is 28.1 Å². The lowest BCUT2D eigenvalue weighted by atomic mass is 10.2. The fourth-order valence-corrected chi connectivity index (χ4v) is 5.98. The molecule has 0 aliphatic rings. The van der Waals surface area contributed by atoms with Crippen LogP contribution in [0, 0.1) is 6.92 Å². The molecule has 0 spiro atoms. The third kappa shape index (κ3) is 5.87. The molecule has 0 aromatic carbocycles. The molecule has 11 heteroatoms. The number of thiazole rings is 1. The maximum absolute atomic E-state index is 13.1. The van der Waals surface area contributed by atoms with Crippen LogP contribution in [0.4, 0.5) is 5.13 Å². The van der Waals surface area contributed by atoms with Crippen molar-refractivity contribution in [3.8, 4) is 0 Å². The lowest BCUT2D eigenvalue weighted by molar-refractivity contribution is -0.118. The number of hydrogen-bond acceptors (Lipinski definition) is 8. The number of aromatic nitrogens is 1. The molecular formula is C19H27N3O5S3. The van der Waals surface area contributed by atoms with E-state index in [0.717, 1.165) is 46.2 Å². The zero-order chi connectivity index (χ0) is 22.3. The van der Waals surface area contributed by atoms with E-state index in [2.05, 4.69) is 11.9 Å². The molecule has 2 aromatic rings. The predicted molar refractivity (Wildman–Crippen MR) is 119 cm³/mol. The summed E-state index contributed by atoms with van der Waals surface area (Å²) in [5, 5.41) is 2.05. The Hall–Kier alpha value is -1.82. The Kier molecular flexibility index (Phi) is 8.95. The quantitative estimate of drug-likeness (QED) is 0.366. The highest BCUT2D eigenvalue weighted by atomic mass is 32.2. The molecule has 0 radical (unpaired) electrons. The summed E-state index contributed by atoms with van der Waals surface area (Å²) in [7, 11) is -2.36.